The number of hydrogen-bond donors (Lipinski definition) is 1. The van der Waals surface area contributed by atoms with Crippen molar-refractivity contribution in [3.05, 3.63) is 41.9 Å². The molecule has 0 saturated heterocycles. The maximum atomic E-state index is 6.32. The van der Waals surface area contributed by atoms with Crippen LogP contribution in [-0.4, -0.2) is 15.6 Å². The van der Waals surface area contributed by atoms with E-state index in [1.807, 2.05) is 18.5 Å². The minimum atomic E-state index is 0.0476. The lowest BCUT2D eigenvalue weighted by Gasteiger charge is -2.25. The van der Waals surface area contributed by atoms with Crippen molar-refractivity contribution in [1.82, 2.24) is 9.55 Å². The predicted octanol–water partition coefficient (Wildman–Crippen LogP) is 2.68. The third-order valence-electron chi connectivity index (χ3n) is 4.07. The smallest absolute Gasteiger partial charge is 0.128 e. The summed E-state index contributed by atoms with van der Waals surface area (Å²) in [4.78, 5) is 4.57. The molecule has 1 aliphatic carbocycles. The van der Waals surface area contributed by atoms with Gasteiger partial charge in [-0.1, -0.05) is 6.92 Å². The summed E-state index contributed by atoms with van der Waals surface area (Å²) in [5.74, 6) is 0.931. The van der Waals surface area contributed by atoms with Gasteiger partial charge in [0, 0.05) is 11.7 Å². The van der Waals surface area contributed by atoms with Gasteiger partial charge >= 0.3 is 0 Å². The molecule has 0 radical (unpaired) electrons. The number of furan rings is 1. The molecule has 2 atom stereocenters. The van der Waals surface area contributed by atoms with Gasteiger partial charge in [-0.3, -0.25) is 0 Å². The molecule has 0 spiro atoms. The minimum absolute atomic E-state index is 0.0476. The van der Waals surface area contributed by atoms with Crippen LogP contribution in [0.25, 0.3) is 0 Å². The Morgan fingerprint density at radius 2 is 2.26 bits per heavy atom. The van der Waals surface area contributed by atoms with Crippen molar-refractivity contribution in [2.45, 2.75) is 51.1 Å². The van der Waals surface area contributed by atoms with E-state index in [-0.39, 0.29) is 12.1 Å². The number of aromatic nitrogens is 2. The largest absolute Gasteiger partial charge is 0.467 e. The number of nitrogens with zero attached hydrogens (tertiary/aromatic N) is 2. The Morgan fingerprint density at radius 1 is 1.42 bits per heavy atom. The number of hydrogen-bond acceptors (Lipinski definition) is 3. The topological polar surface area (TPSA) is 57.0 Å². The lowest BCUT2D eigenvalue weighted by molar-refractivity contribution is 0.364. The van der Waals surface area contributed by atoms with Crippen molar-refractivity contribution in [2.24, 2.45) is 5.73 Å². The molecule has 4 heteroatoms. The van der Waals surface area contributed by atoms with E-state index in [2.05, 4.69) is 16.5 Å². The second kappa shape index (κ2) is 5.21. The average molecular weight is 259 g/mol. The normalized spacial score (nSPS) is 18.0. The molecule has 2 aromatic rings. The SMILES string of the molecule is CCC(N)C(c1ccco1)n1cnc2c1CCCC2. The van der Waals surface area contributed by atoms with Crippen LogP contribution in [0.5, 0.6) is 0 Å². The molecule has 0 aromatic carbocycles. The van der Waals surface area contributed by atoms with Crippen LogP contribution in [0.1, 0.15) is 49.4 Å². The van der Waals surface area contributed by atoms with Crippen LogP contribution in [0.15, 0.2) is 29.1 Å². The minimum Gasteiger partial charge on any atom is -0.467 e. The van der Waals surface area contributed by atoms with E-state index in [0.717, 1.165) is 25.0 Å². The first-order valence-corrected chi connectivity index (χ1v) is 7.14. The Bertz CT molecular complexity index is 530. The summed E-state index contributed by atoms with van der Waals surface area (Å²) in [6, 6.07) is 4.05. The molecule has 3 rings (SSSR count). The van der Waals surface area contributed by atoms with Crippen LogP contribution in [0, 0.1) is 0 Å². The molecule has 0 bridgehead atoms. The summed E-state index contributed by atoms with van der Waals surface area (Å²) in [6.07, 6.45) is 9.25. The maximum absolute atomic E-state index is 6.32. The monoisotopic (exact) mass is 259 g/mol. The number of imidazole rings is 1. The first kappa shape index (κ1) is 12.5. The fraction of sp³-hybridized carbons (Fsp3) is 0.533. The van der Waals surface area contributed by atoms with E-state index < -0.39 is 0 Å². The molecule has 1 aliphatic rings. The summed E-state index contributed by atoms with van der Waals surface area (Å²) >= 11 is 0. The Hall–Kier alpha value is -1.55. The highest BCUT2D eigenvalue weighted by atomic mass is 16.3. The van der Waals surface area contributed by atoms with Gasteiger partial charge in [0.05, 0.1) is 18.3 Å². The van der Waals surface area contributed by atoms with Crippen LogP contribution >= 0.6 is 0 Å². The van der Waals surface area contributed by atoms with E-state index in [0.29, 0.717) is 0 Å². The van der Waals surface area contributed by atoms with Crippen LogP contribution in [0.2, 0.25) is 0 Å². The summed E-state index contributed by atoms with van der Waals surface area (Å²) in [7, 11) is 0. The van der Waals surface area contributed by atoms with Gasteiger partial charge in [-0.2, -0.15) is 0 Å². The summed E-state index contributed by atoms with van der Waals surface area (Å²) < 4.78 is 7.84. The van der Waals surface area contributed by atoms with Crippen LogP contribution in [0.4, 0.5) is 0 Å². The fourth-order valence-corrected chi connectivity index (χ4v) is 2.97. The molecule has 2 unspecified atom stereocenters. The Kier molecular flexibility index (Phi) is 3.42. The first-order chi connectivity index (χ1) is 9.31. The molecule has 2 heterocycles. The molecule has 19 heavy (non-hydrogen) atoms. The Morgan fingerprint density at radius 3 is 3.00 bits per heavy atom. The lowest BCUT2D eigenvalue weighted by atomic mass is 9.98. The van der Waals surface area contributed by atoms with Gasteiger partial charge in [0.2, 0.25) is 0 Å². The van der Waals surface area contributed by atoms with Crippen molar-refractivity contribution in [1.29, 1.82) is 0 Å². The molecule has 2 N–H and O–H groups in total. The van der Waals surface area contributed by atoms with Crippen molar-refractivity contribution >= 4 is 0 Å². The van der Waals surface area contributed by atoms with Crippen LogP contribution in [-0.2, 0) is 12.8 Å². The van der Waals surface area contributed by atoms with Gasteiger partial charge in [0.25, 0.3) is 0 Å². The van der Waals surface area contributed by atoms with Gasteiger partial charge in [-0.05, 0) is 44.2 Å². The third-order valence-corrected chi connectivity index (χ3v) is 4.07. The van der Waals surface area contributed by atoms with Crippen molar-refractivity contribution in [3.63, 3.8) is 0 Å². The van der Waals surface area contributed by atoms with E-state index >= 15 is 0 Å². The summed E-state index contributed by atoms with van der Waals surface area (Å²) in [5, 5.41) is 0. The van der Waals surface area contributed by atoms with Gasteiger partial charge in [0.15, 0.2) is 0 Å². The highest BCUT2D eigenvalue weighted by Gasteiger charge is 2.27. The van der Waals surface area contributed by atoms with E-state index in [1.165, 1.54) is 24.2 Å². The number of rotatable bonds is 4. The first-order valence-electron chi connectivity index (χ1n) is 7.14. The van der Waals surface area contributed by atoms with Crippen molar-refractivity contribution in [3.8, 4) is 0 Å². The van der Waals surface area contributed by atoms with Gasteiger partial charge in [0.1, 0.15) is 11.8 Å². The van der Waals surface area contributed by atoms with Crippen molar-refractivity contribution in [2.75, 3.05) is 0 Å². The quantitative estimate of drug-likeness (QED) is 0.918. The second-order valence-electron chi connectivity index (χ2n) is 5.28. The number of aryl methyl sites for hydroxylation is 1. The van der Waals surface area contributed by atoms with E-state index in [1.54, 1.807) is 6.26 Å². The van der Waals surface area contributed by atoms with E-state index in [4.69, 9.17) is 10.2 Å². The molecule has 0 saturated carbocycles. The Balaban J connectivity index is 2.02. The third kappa shape index (κ3) is 2.21. The maximum Gasteiger partial charge on any atom is 0.128 e. The summed E-state index contributed by atoms with van der Waals surface area (Å²) in [5.41, 5.74) is 8.91. The fourth-order valence-electron chi connectivity index (χ4n) is 2.97. The zero-order chi connectivity index (χ0) is 13.2. The molecule has 0 amide bonds. The molecular formula is C15H21N3O. The lowest BCUT2D eigenvalue weighted by Crippen LogP contribution is -2.33. The zero-order valence-corrected chi connectivity index (χ0v) is 11.4. The molecule has 102 valence electrons. The predicted molar refractivity (Wildman–Crippen MR) is 74.0 cm³/mol. The molecule has 4 nitrogen and oxygen atoms in total. The van der Waals surface area contributed by atoms with Crippen LogP contribution in [0.3, 0.4) is 0 Å². The van der Waals surface area contributed by atoms with E-state index in [9.17, 15) is 0 Å². The zero-order valence-electron chi connectivity index (χ0n) is 11.4. The molecule has 0 aliphatic heterocycles. The Labute approximate surface area is 113 Å². The second-order valence-corrected chi connectivity index (χ2v) is 5.28. The average Bonchev–Trinajstić information content (AvgIpc) is 3.09. The number of nitrogens with two attached hydrogens (primary N) is 1. The molecular weight excluding hydrogens is 238 g/mol. The van der Waals surface area contributed by atoms with Crippen molar-refractivity contribution < 1.29 is 4.42 Å². The van der Waals surface area contributed by atoms with Gasteiger partial charge < -0.3 is 14.7 Å². The number of fused-ring (bicyclic) bond motifs is 1. The highest BCUT2D eigenvalue weighted by molar-refractivity contribution is 5.21. The molecule has 0 fully saturated rings. The van der Waals surface area contributed by atoms with Gasteiger partial charge in [-0.25, -0.2) is 4.98 Å². The van der Waals surface area contributed by atoms with Gasteiger partial charge in [-0.15, -0.1) is 0 Å². The van der Waals surface area contributed by atoms with Crippen LogP contribution < -0.4 is 5.73 Å². The molecule has 2 aromatic heterocycles. The summed E-state index contributed by atoms with van der Waals surface area (Å²) in [6.45, 7) is 2.12. The highest BCUT2D eigenvalue weighted by Crippen LogP contribution is 2.29. The standard InChI is InChI=1S/C15H21N3O/c1-2-11(16)15(14-8-5-9-19-14)18-10-17-12-6-3-4-7-13(12)18/h5,8-11,15H,2-4,6-7,16H2,1H3.